The van der Waals surface area contributed by atoms with E-state index in [4.69, 9.17) is 5.73 Å². The predicted octanol–water partition coefficient (Wildman–Crippen LogP) is 2.39. The maximum Gasteiger partial charge on any atom is 0.0111 e. The summed E-state index contributed by atoms with van der Waals surface area (Å²) in [5, 5.41) is 0. The van der Waals surface area contributed by atoms with Crippen LogP contribution in [0.1, 0.15) is 32.1 Å². The first-order valence-electron chi connectivity index (χ1n) is 4.37. The zero-order chi connectivity index (χ0) is 8.10. The van der Waals surface area contributed by atoms with Crippen LogP contribution in [0.3, 0.4) is 0 Å². The van der Waals surface area contributed by atoms with E-state index in [0.29, 0.717) is 6.04 Å². The molecule has 0 aromatic carbocycles. The van der Waals surface area contributed by atoms with Crippen LogP contribution in [-0.2, 0) is 0 Å². The smallest absolute Gasteiger partial charge is 0.0111 e. The molecule has 0 saturated carbocycles. The summed E-state index contributed by atoms with van der Waals surface area (Å²) in [6.07, 6.45) is 10.1. The molecule has 0 heterocycles. The van der Waals surface area contributed by atoms with Crippen LogP contribution in [0.15, 0.2) is 24.3 Å². The Morgan fingerprint density at radius 3 is 3.09 bits per heavy atom. The number of nitrogens with two attached hydrogens (primary N) is 1. The van der Waals surface area contributed by atoms with Crippen LogP contribution in [0, 0.1) is 0 Å². The molecule has 0 radical (unpaired) electrons. The van der Waals surface area contributed by atoms with Crippen LogP contribution in [0.2, 0.25) is 0 Å². The van der Waals surface area contributed by atoms with E-state index in [1.54, 1.807) is 5.57 Å². The minimum Gasteiger partial charge on any atom is -0.327 e. The lowest BCUT2D eigenvalue weighted by atomic mass is 10.0. The van der Waals surface area contributed by atoms with Gasteiger partial charge in [0, 0.05) is 6.04 Å². The first-order valence-corrected chi connectivity index (χ1v) is 4.37. The fraction of sp³-hybridized carbons (Fsp3) is 0.600. The highest BCUT2D eigenvalue weighted by atomic mass is 14.6. The summed E-state index contributed by atoms with van der Waals surface area (Å²) in [6.45, 7) is 3.68. The molecule has 2 N–H and O–H groups in total. The fourth-order valence-corrected chi connectivity index (χ4v) is 1.56. The molecule has 0 aliphatic heterocycles. The molecule has 0 bridgehead atoms. The minimum atomic E-state index is 0.303. The maximum atomic E-state index is 5.85. The van der Waals surface area contributed by atoms with Crippen LogP contribution in [-0.4, -0.2) is 6.04 Å². The summed E-state index contributed by atoms with van der Waals surface area (Å²) in [5.41, 5.74) is 7.41. The monoisotopic (exact) mass is 151 g/mol. The van der Waals surface area contributed by atoms with Crippen LogP contribution < -0.4 is 5.73 Å². The topological polar surface area (TPSA) is 26.0 Å². The molecule has 1 atom stereocenters. The third kappa shape index (κ3) is 2.89. The van der Waals surface area contributed by atoms with E-state index in [9.17, 15) is 0 Å². The summed E-state index contributed by atoms with van der Waals surface area (Å²) in [4.78, 5) is 0. The van der Waals surface area contributed by atoms with Gasteiger partial charge >= 0.3 is 0 Å². The van der Waals surface area contributed by atoms with Gasteiger partial charge in [-0.15, -0.1) is 6.58 Å². The van der Waals surface area contributed by atoms with Gasteiger partial charge in [0.25, 0.3) is 0 Å². The fourth-order valence-electron chi connectivity index (χ4n) is 1.56. The molecule has 0 amide bonds. The molecule has 1 nitrogen and oxygen atoms in total. The molecule has 1 unspecified atom stereocenters. The summed E-state index contributed by atoms with van der Waals surface area (Å²) in [5.74, 6) is 0. The Hall–Kier alpha value is -0.560. The second kappa shape index (κ2) is 4.35. The highest BCUT2D eigenvalue weighted by Crippen LogP contribution is 2.21. The van der Waals surface area contributed by atoms with Crippen molar-refractivity contribution in [2.75, 3.05) is 0 Å². The van der Waals surface area contributed by atoms with Gasteiger partial charge in [0.2, 0.25) is 0 Å². The van der Waals surface area contributed by atoms with Gasteiger partial charge in [-0.1, -0.05) is 17.7 Å². The Morgan fingerprint density at radius 1 is 1.73 bits per heavy atom. The molecule has 62 valence electrons. The normalized spacial score (nSPS) is 19.5. The van der Waals surface area contributed by atoms with E-state index in [1.165, 1.54) is 19.3 Å². The first kappa shape index (κ1) is 8.54. The van der Waals surface area contributed by atoms with Crippen molar-refractivity contribution < 1.29 is 0 Å². The molecule has 0 saturated heterocycles. The number of allylic oxidation sites excluding steroid dienone is 1. The van der Waals surface area contributed by atoms with Gasteiger partial charge in [0.1, 0.15) is 0 Å². The van der Waals surface area contributed by atoms with Crippen molar-refractivity contribution >= 4 is 0 Å². The van der Waals surface area contributed by atoms with Crippen molar-refractivity contribution in [2.24, 2.45) is 5.73 Å². The summed E-state index contributed by atoms with van der Waals surface area (Å²) in [6, 6.07) is 0.303. The van der Waals surface area contributed by atoms with Crippen molar-refractivity contribution in [2.45, 2.75) is 38.1 Å². The average Bonchev–Trinajstić information content (AvgIpc) is 2.40. The van der Waals surface area contributed by atoms with Gasteiger partial charge in [-0.2, -0.15) is 0 Å². The molecule has 11 heavy (non-hydrogen) atoms. The largest absolute Gasteiger partial charge is 0.327 e. The number of hydrogen-bond acceptors (Lipinski definition) is 1. The SMILES string of the molecule is C=CCC(N)CC1=CCCC1. The summed E-state index contributed by atoms with van der Waals surface area (Å²) >= 11 is 0. The Labute approximate surface area is 69.0 Å². The van der Waals surface area contributed by atoms with E-state index in [2.05, 4.69) is 12.7 Å². The van der Waals surface area contributed by atoms with Gasteiger partial charge in [0.05, 0.1) is 0 Å². The summed E-state index contributed by atoms with van der Waals surface area (Å²) < 4.78 is 0. The first-order chi connectivity index (χ1) is 5.33. The van der Waals surface area contributed by atoms with Crippen LogP contribution in [0.25, 0.3) is 0 Å². The molecule has 0 aromatic rings. The maximum absolute atomic E-state index is 5.85. The molecule has 1 heteroatoms. The van der Waals surface area contributed by atoms with Crippen LogP contribution in [0.5, 0.6) is 0 Å². The van der Waals surface area contributed by atoms with Gasteiger partial charge in [-0.3, -0.25) is 0 Å². The van der Waals surface area contributed by atoms with Crippen molar-refractivity contribution in [3.05, 3.63) is 24.3 Å². The molecule has 1 aliphatic carbocycles. The van der Waals surface area contributed by atoms with Crippen molar-refractivity contribution in [1.82, 2.24) is 0 Å². The molecular weight excluding hydrogens is 134 g/mol. The lowest BCUT2D eigenvalue weighted by molar-refractivity contribution is 0.662. The molecule has 0 aromatic heterocycles. The second-order valence-corrected chi connectivity index (χ2v) is 3.24. The van der Waals surface area contributed by atoms with Crippen LogP contribution in [0.4, 0.5) is 0 Å². The number of rotatable bonds is 4. The van der Waals surface area contributed by atoms with Gasteiger partial charge in [0.15, 0.2) is 0 Å². The van der Waals surface area contributed by atoms with Gasteiger partial charge in [-0.05, 0) is 32.1 Å². The Morgan fingerprint density at radius 2 is 2.55 bits per heavy atom. The van der Waals surface area contributed by atoms with E-state index >= 15 is 0 Å². The van der Waals surface area contributed by atoms with Gasteiger partial charge < -0.3 is 5.73 Å². The lowest BCUT2D eigenvalue weighted by Crippen LogP contribution is -2.19. The van der Waals surface area contributed by atoms with Crippen LogP contribution >= 0.6 is 0 Å². The molecule has 1 rings (SSSR count). The Balaban J connectivity index is 2.23. The standard InChI is InChI=1S/C10H17N/c1-2-5-10(11)8-9-6-3-4-7-9/h2,6,10H,1,3-5,7-8,11H2. The Kier molecular flexibility index (Phi) is 3.37. The number of hydrogen-bond donors (Lipinski definition) is 1. The van der Waals surface area contributed by atoms with E-state index in [-0.39, 0.29) is 0 Å². The molecule has 1 aliphatic rings. The average molecular weight is 151 g/mol. The Bertz CT molecular complexity index is 158. The highest BCUT2D eigenvalue weighted by molar-refractivity contribution is 5.09. The van der Waals surface area contributed by atoms with Crippen molar-refractivity contribution in [3.8, 4) is 0 Å². The predicted molar refractivity (Wildman–Crippen MR) is 49.3 cm³/mol. The van der Waals surface area contributed by atoms with E-state index in [0.717, 1.165) is 12.8 Å². The van der Waals surface area contributed by atoms with Crippen molar-refractivity contribution in [3.63, 3.8) is 0 Å². The second-order valence-electron chi connectivity index (χ2n) is 3.24. The zero-order valence-electron chi connectivity index (χ0n) is 7.05. The molecular formula is C10H17N. The molecule has 0 fully saturated rings. The molecule has 0 spiro atoms. The highest BCUT2D eigenvalue weighted by Gasteiger charge is 2.07. The van der Waals surface area contributed by atoms with Gasteiger partial charge in [-0.25, -0.2) is 0 Å². The third-order valence-corrected chi connectivity index (χ3v) is 2.13. The quantitative estimate of drug-likeness (QED) is 0.613. The van der Waals surface area contributed by atoms with Crippen molar-refractivity contribution in [1.29, 1.82) is 0 Å². The zero-order valence-corrected chi connectivity index (χ0v) is 7.05. The third-order valence-electron chi connectivity index (χ3n) is 2.13. The summed E-state index contributed by atoms with van der Waals surface area (Å²) in [7, 11) is 0. The van der Waals surface area contributed by atoms with E-state index in [1.807, 2.05) is 6.08 Å². The lowest BCUT2D eigenvalue weighted by Gasteiger charge is -2.08. The minimum absolute atomic E-state index is 0.303. The van der Waals surface area contributed by atoms with E-state index < -0.39 is 0 Å².